The molecule has 11 heavy (non-hydrogen) atoms. The Labute approximate surface area is 78.1 Å². The van der Waals surface area contributed by atoms with Gasteiger partial charge < -0.3 is 0 Å². The summed E-state index contributed by atoms with van der Waals surface area (Å²) in [5.74, 6) is 0. The van der Waals surface area contributed by atoms with Crippen LogP contribution in [0.3, 0.4) is 0 Å². The van der Waals surface area contributed by atoms with E-state index in [9.17, 15) is 0 Å². The number of rotatable bonds is 0. The standard InChI is InChI=1S/C8H10.CH2Cl2/c1-7-3-5-8(2)6-4-7;2-1-3/h3-6H,1-2H3;1H2. The molecule has 0 fully saturated rings. The Bertz CT molecular complexity index is 158. The minimum Gasteiger partial charge on any atom is -0.109 e. The van der Waals surface area contributed by atoms with Crippen LogP contribution in [0.1, 0.15) is 11.1 Å². The van der Waals surface area contributed by atoms with Crippen LogP contribution in [0.25, 0.3) is 0 Å². The van der Waals surface area contributed by atoms with Crippen molar-refractivity contribution in [3.63, 3.8) is 0 Å². The molecule has 0 aliphatic heterocycles. The zero-order valence-corrected chi connectivity index (χ0v) is 8.28. The fourth-order valence-corrected chi connectivity index (χ4v) is 0.637. The van der Waals surface area contributed by atoms with Gasteiger partial charge in [0.1, 0.15) is 0 Å². The van der Waals surface area contributed by atoms with Crippen molar-refractivity contribution in [1.82, 2.24) is 0 Å². The molecule has 0 spiro atoms. The van der Waals surface area contributed by atoms with Crippen molar-refractivity contribution < 1.29 is 0 Å². The molecule has 2 heteroatoms. The van der Waals surface area contributed by atoms with Crippen LogP contribution in [-0.2, 0) is 0 Å². The van der Waals surface area contributed by atoms with Gasteiger partial charge in [0.2, 0.25) is 0 Å². The highest BCUT2D eigenvalue weighted by Gasteiger charge is 1.79. The van der Waals surface area contributed by atoms with Crippen molar-refractivity contribution in [3.05, 3.63) is 35.4 Å². The van der Waals surface area contributed by atoms with E-state index in [1.807, 2.05) is 0 Å². The highest BCUT2D eigenvalue weighted by molar-refractivity contribution is 6.40. The molecule has 0 radical (unpaired) electrons. The zero-order chi connectivity index (χ0) is 8.69. The van der Waals surface area contributed by atoms with Gasteiger partial charge in [0, 0.05) is 0 Å². The Hall–Kier alpha value is -0.200. The van der Waals surface area contributed by atoms with Gasteiger partial charge in [0.25, 0.3) is 0 Å². The minimum atomic E-state index is 0.194. The van der Waals surface area contributed by atoms with Gasteiger partial charge in [-0.3, -0.25) is 0 Å². The quantitative estimate of drug-likeness (QED) is 0.548. The maximum absolute atomic E-state index is 4.76. The van der Waals surface area contributed by atoms with E-state index < -0.39 is 0 Å². The van der Waals surface area contributed by atoms with Crippen molar-refractivity contribution in [2.45, 2.75) is 13.8 Å². The average molecular weight is 191 g/mol. The highest BCUT2D eigenvalue weighted by atomic mass is 35.5. The average Bonchev–Trinajstić information content (AvgIpc) is 1.97. The van der Waals surface area contributed by atoms with E-state index in [1.165, 1.54) is 11.1 Å². The van der Waals surface area contributed by atoms with Gasteiger partial charge in [0.15, 0.2) is 0 Å². The minimum absolute atomic E-state index is 0.194. The van der Waals surface area contributed by atoms with Crippen molar-refractivity contribution in [1.29, 1.82) is 0 Å². The molecule has 0 saturated carbocycles. The molecule has 0 aliphatic carbocycles. The van der Waals surface area contributed by atoms with Crippen LogP contribution < -0.4 is 0 Å². The lowest BCUT2D eigenvalue weighted by atomic mass is 10.2. The first-order valence-electron chi connectivity index (χ1n) is 3.36. The van der Waals surface area contributed by atoms with Gasteiger partial charge in [-0.15, -0.1) is 23.2 Å². The van der Waals surface area contributed by atoms with Gasteiger partial charge in [-0.1, -0.05) is 35.4 Å². The van der Waals surface area contributed by atoms with Crippen LogP contribution in [0.5, 0.6) is 0 Å². The molecule has 0 bridgehead atoms. The van der Waals surface area contributed by atoms with Crippen molar-refractivity contribution >= 4 is 23.2 Å². The monoisotopic (exact) mass is 190 g/mol. The third-order valence-electron chi connectivity index (χ3n) is 1.22. The number of aryl methyl sites for hydroxylation is 2. The lowest BCUT2D eigenvalue weighted by molar-refractivity contribution is 1.40. The SMILES string of the molecule is Cc1ccc(C)cc1.ClCCl. The summed E-state index contributed by atoms with van der Waals surface area (Å²) in [6.07, 6.45) is 0. The Kier molecular flexibility index (Phi) is 6.39. The fraction of sp³-hybridized carbons (Fsp3) is 0.333. The Morgan fingerprint density at radius 2 is 1.09 bits per heavy atom. The third kappa shape index (κ3) is 6.21. The number of hydrogen-bond donors (Lipinski definition) is 0. The molecule has 0 heterocycles. The normalized spacial score (nSPS) is 8.36. The molecule has 1 rings (SSSR count). The molecule has 0 saturated heterocycles. The largest absolute Gasteiger partial charge is 0.109 e. The molecule has 0 amide bonds. The van der Waals surface area contributed by atoms with E-state index in [2.05, 4.69) is 38.1 Å². The molecule has 0 N–H and O–H groups in total. The van der Waals surface area contributed by atoms with Gasteiger partial charge >= 0.3 is 0 Å². The molecule has 62 valence electrons. The van der Waals surface area contributed by atoms with Crippen molar-refractivity contribution in [3.8, 4) is 0 Å². The smallest absolute Gasteiger partial charge is 0.0967 e. The number of hydrogen-bond acceptors (Lipinski definition) is 0. The molecule has 0 aliphatic rings. The maximum atomic E-state index is 4.76. The van der Waals surface area contributed by atoms with Crippen molar-refractivity contribution in [2.24, 2.45) is 0 Å². The molecule has 0 aromatic heterocycles. The lowest BCUT2D eigenvalue weighted by Crippen LogP contribution is -1.70. The van der Waals surface area contributed by atoms with Gasteiger partial charge in [-0.05, 0) is 13.8 Å². The van der Waals surface area contributed by atoms with E-state index in [4.69, 9.17) is 23.2 Å². The third-order valence-corrected chi connectivity index (χ3v) is 1.22. The topological polar surface area (TPSA) is 0 Å². The molecule has 0 unspecified atom stereocenters. The maximum Gasteiger partial charge on any atom is 0.0967 e. The molecule has 1 aromatic carbocycles. The van der Waals surface area contributed by atoms with E-state index >= 15 is 0 Å². The summed E-state index contributed by atoms with van der Waals surface area (Å²) in [4.78, 5) is 0. The van der Waals surface area contributed by atoms with E-state index in [-0.39, 0.29) is 5.34 Å². The summed E-state index contributed by atoms with van der Waals surface area (Å²) in [7, 11) is 0. The Morgan fingerprint density at radius 3 is 1.27 bits per heavy atom. The fourth-order valence-electron chi connectivity index (χ4n) is 0.637. The second kappa shape index (κ2) is 6.51. The summed E-state index contributed by atoms with van der Waals surface area (Å²) in [5, 5.41) is 0.194. The number of benzene rings is 1. The molecule has 0 atom stereocenters. The lowest BCUT2D eigenvalue weighted by Gasteiger charge is -1.90. The zero-order valence-electron chi connectivity index (χ0n) is 6.77. The van der Waals surface area contributed by atoms with Crippen molar-refractivity contribution in [2.75, 3.05) is 5.34 Å². The summed E-state index contributed by atoms with van der Waals surface area (Å²) < 4.78 is 0. The first-order valence-corrected chi connectivity index (χ1v) is 4.42. The van der Waals surface area contributed by atoms with E-state index in [0.717, 1.165) is 0 Å². The van der Waals surface area contributed by atoms with Crippen LogP contribution in [0.2, 0.25) is 0 Å². The number of halogens is 2. The van der Waals surface area contributed by atoms with E-state index in [0.29, 0.717) is 0 Å². The Balaban J connectivity index is 0.000000292. The van der Waals surface area contributed by atoms with Crippen LogP contribution in [0, 0.1) is 13.8 Å². The van der Waals surface area contributed by atoms with Crippen LogP contribution in [-0.4, -0.2) is 5.34 Å². The molecule has 0 nitrogen and oxygen atoms in total. The Morgan fingerprint density at radius 1 is 0.909 bits per heavy atom. The second-order valence-corrected chi connectivity index (χ2v) is 3.06. The number of alkyl halides is 2. The molecular formula is C9H12Cl2. The molecular weight excluding hydrogens is 179 g/mol. The van der Waals surface area contributed by atoms with Crippen LogP contribution in [0.4, 0.5) is 0 Å². The van der Waals surface area contributed by atoms with E-state index in [1.54, 1.807) is 0 Å². The first kappa shape index (κ1) is 10.8. The van der Waals surface area contributed by atoms with Gasteiger partial charge in [-0.2, -0.15) is 0 Å². The van der Waals surface area contributed by atoms with Gasteiger partial charge in [-0.25, -0.2) is 0 Å². The second-order valence-electron chi connectivity index (χ2n) is 2.26. The summed E-state index contributed by atoms with van der Waals surface area (Å²) in [5.41, 5.74) is 2.66. The summed E-state index contributed by atoms with van der Waals surface area (Å²) in [6.45, 7) is 4.19. The molecule has 1 aromatic rings. The highest BCUT2D eigenvalue weighted by Crippen LogP contribution is 1.99. The van der Waals surface area contributed by atoms with Gasteiger partial charge in [0.05, 0.1) is 5.34 Å². The van der Waals surface area contributed by atoms with Crippen LogP contribution in [0.15, 0.2) is 24.3 Å². The van der Waals surface area contributed by atoms with Crippen LogP contribution >= 0.6 is 23.2 Å². The first-order chi connectivity index (χ1) is 5.20. The summed E-state index contributed by atoms with van der Waals surface area (Å²) >= 11 is 9.53. The predicted octanol–water partition coefficient (Wildman–Crippen LogP) is 3.72. The predicted molar refractivity (Wildman–Crippen MR) is 52.5 cm³/mol. The summed E-state index contributed by atoms with van der Waals surface area (Å²) in [6, 6.07) is 8.48.